The second-order valence-corrected chi connectivity index (χ2v) is 18.4. The SMILES string of the molecule is Cc1cc(-c2cc(C(C)(C)C)cc(C(C)(C)C)c2)c(-[n+]2csc3c2CCCC3)c(-c2cc(C(C)(C)C)cc(C(C)(C)C)c2)c1.[Cl-]. The molecule has 0 fully saturated rings. The molecule has 1 aliphatic carbocycles. The minimum Gasteiger partial charge on any atom is -1.00 e. The summed E-state index contributed by atoms with van der Waals surface area (Å²) in [6, 6.07) is 19.7. The molecule has 3 heteroatoms. The summed E-state index contributed by atoms with van der Waals surface area (Å²) >= 11 is 1.95. The number of aryl methyl sites for hydroxylation is 2. The number of nitrogens with zero attached hydrogens (tertiary/aromatic N) is 1. The lowest BCUT2D eigenvalue weighted by Crippen LogP contribution is -3.00. The number of thiazole rings is 1. The van der Waals surface area contributed by atoms with Crippen LogP contribution in [0.25, 0.3) is 27.9 Å². The van der Waals surface area contributed by atoms with E-state index < -0.39 is 0 Å². The lowest BCUT2D eigenvalue weighted by Gasteiger charge is -2.27. The van der Waals surface area contributed by atoms with Gasteiger partial charge in [0, 0.05) is 6.42 Å². The maximum Gasteiger partial charge on any atom is 0.231 e. The fourth-order valence-corrected chi connectivity index (χ4v) is 7.45. The molecule has 0 atom stereocenters. The molecule has 0 amide bonds. The number of fused-ring (bicyclic) bond motifs is 1. The van der Waals surface area contributed by atoms with Crippen LogP contribution in [-0.2, 0) is 34.5 Å². The Morgan fingerprint density at radius 3 is 1.29 bits per heavy atom. The Morgan fingerprint density at radius 1 is 0.533 bits per heavy atom. The van der Waals surface area contributed by atoms with Gasteiger partial charge in [-0.05, 0) is 98.9 Å². The van der Waals surface area contributed by atoms with Gasteiger partial charge in [-0.25, -0.2) is 0 Å². The van der Waals surface area contributed by atoms with E-state index in [1.54, 1.807) is 4.88 Å². The van der Waals surface area contributed by atoms with Gasteiger partial charge in [0.2, 0.25) is 16.9 Å². The minimum absolute atomic E-state index is 0. The Morgan fingerprint density at radius 2 is 0.911 bits per heavy atom. The van der Waals surface area contributed by atoms with E-state index in [1.807, 2.05) is 11.3 Å². The Kier molecular flexibility index (Phi) is 9.69. The van der Waals surface area contributed by atoms with Crippen LogP contribution in [0.4, 0.5) is 0 Å². The first-order chi connectivity index (χ1) is 20.2. The van der Waals surface area contributed by atoms with Crippen molar-refractivity contribution in [2.75, 3.05) is 0 Å². The highest BCUT2D eigenvalue weighted by Crippen LogP contribution is 2.42. The Bertz CT molecular complexity index is 1530. The van der Waals surface area contributed by atoms with Crippen molar-refractivity contribution in [2.24, 2.45) is 0 Å². The van der Waals surface area contributed by atoms with E-state index in [0.29, 0.717) is 0 Å². The predicted octanol–water partition coefficient (Wildman–Crippen LogP) is 8.74. The molecular formula is C42H56ClNS. The summed E-state index contributed by atoms with van der Waals surface area (Å²) in [5, 5.41) is 0. The van der Waals surface area contributed by atoms with E-state index in [9.17, 15) is 0 Å². The molecule has 4 aromatic rings. The quantitative estimate of drug-likeness (QED) is 0.197. The molecule has 0 saturated carbocycles. The molecule has 1 aliphatic rings. The molecule has 0 radical (unpaired) electrons. The zero-order valence-electron chi connectivity index (χ0n) is 30.3. The molecule has 242 valence electrons. The number of benzene rings is 3. The summed E-state index contributed by atoms with van der Waals surface area (Å²) < 4.78 is 2.59. The zero-order chi connectivity index (χ0) is 32.4. The Hall–Kier alpha value is -2.42. The molecule has 0 N–H and O–H groups in total. The molecule has 0 spiro atoms. The molecule has 3 aromatic carbocycles. The maximum atomic E-state index is 2.59. The number of aromatic nitrogens is 1. The third-order valence-electron chi connectivity index (χ3n) is 9.43. The summed E-state index contributed by atoms with van der Waals surface area (Å²) in [6.07, 6.45) is 4.91. The van der Waals surface area contributed by atoms with Crippen LogP contribution in [0.2, 0.25) is 0 Å². The van der Waals surface area contributed by atoms with Gasteiger partial charge in [-0.1, -0.05) is 131 Å². The zero-order valence-corrected chi connectivity index (χ0v) is 31.8. The predicted molar refractivity (Wildman–Crippen MR) is 193 cm³/mol. The van der Waals surface area contributed by atoms with E-state index >= 15 is 0 Å². The van der Waals surface area contributed by atoms with Gasteiger partial charge in [-0.15, -0.1) is 0 Å². The van der Waals surface area contributed by atoms with Crippen molar-refractivity contribution in [1.29, 1.82) is 0 Å². The van der Waals surface area contributed by atoms with Gasteiger partial charge in [0.1, 0.15) is 0 Å². The van der Waals surface area contributed by atoms with E-state index in [4.69, 9.17) is 0 Å². The van der Waals surface area contributed by atoms with Crippen molar-refractivity contribution in [3.05, 3.63) is 92.4 Å². The molecule has 0 aliphatic heterocycles. The fraction of sp³-hybridized carbons (Fsp3) is 0.500. The van der Waals surface area contributed by atoms with Crippen molar-refractivity contribution < 1.29 is 17.0 Å². The summed E-state index contributed by atoms with van der Waals surface area (Å²) in [6.45, 7) is 30.4. The summed E-state index contributed by atoms with van der Waals surface area (Å²) in [4.78, 5) is 1.56. The Balaban J connectivity index is 0.00000461. The molecule has 1 heterocycles. The lowest BCUT2D eigenvalue weighted by atomic mass is 9.77. The van der Waals surface area contributed by atoms with Gasteiger partial charge < -0.3 is 12.4 Å². The summed E-state index contributed by atoms with van der Waals surface area (Å²) in [7, 11) is 0. The van der Waals surface area contributed by atoms with E-state index in [0.717, 1.165) is 6.42 Å². The van der Waals surface area contributed by atoms with Crippen molar-refractivity contribution in [1.82, 2.24) is 0 Å². The standard InChI is InChI=1S/C42H56NS.ClH/c1-27-18-34(28-20-30(39(2,3)4)24-31(21-28)40(5,6)7)38(43-26-44-37-17-15-14-16-36(37)43)35(19-27)29-22-32(41(8,9)10)25-33(23-29)42(11,12)13;/h18-26H,14-17H2,1-13H3;1H/q+1;/p-1. The number of hydrogen-bond donors (Lipinski definition) is 0. The normalized spacial score (nSPS) is 14.2. The first-order valence-electron chi connectivity index (χ1n) is 16.7. The third kappa shape index (κ3) is 7.44. The van der Waals surface area contributed by atoms with Crippen LogP contribution in [0.5, 0.6) is 0 Å². The van der Waals surface area contributed by atoms with Gasteiger partial charge in [0.05, 0.1) is 16.0 Å². The topological polar surface area (TPSA) is 3.88 Å². The van der Waals surface area contributed by atoms with E-state index in [2.05, 4.69) is 149 Å². The van der Waals surface area contributed by atoms with Crippen molar-refractivity contribution in [3.8, 4) is 27.9 Å². The second-order valence-electron chi connectivity index (χ2n) is 17.5. The lowest BCUT2D eigenvalue weighted by molar-refractivity contribution is -0.598. The maximum absolute atomic E-state index is 2.59. The first kappa shape index (κ1) is 35.4. The summed E-state index contributed by atoms with van der Waals surface area (Å²) in [5.74, 6) is 0. The highest BCUT2D eigenvalue weighted by molar-refractivity contribution is 7.09. The molecule has 1 nitrogen and oxygen atoms in total. The first-order valence-corrected chi connectivity index (χ1v) is 17.6. The second kappa shape index (κ2) is 12.3. The van der Waals surface area contributed by atoms with Crippen LogP contribution in [0, 0.1) is 6.92 Å². The van der Waals surface area contributed by atoms with Crippen molar-refractivity contribution in [2.45, 2.75) is 137 Å². The van der Waals surface area contributed by atoms with Crippen LogP contribution >= 0.6 is 11.3 Å². The molecule has 0 unspecified atom stereocenters. The van der Waals surface area contributed by atoms with Crippen molar-refractivity contribution >= 4 is 11.3 Å². The highest BCUT2D eigenvalue weighted by atomic mass is 35.5. The fourth-order valence-electron chi connectivity index (χ4n) is 6.39. The van der Waals surface area contributed by atoms with Crippen molar-refractivity contribution in [3.63, 3.8) is 0 Å². The van der Waals surface area contributed by atoms with Gasteiger partial charge in [0.15, 0.2) is 0 Å². The number of halogens is 1. The van der Waals surface area contributed by atoms with Gasteiger partial charge in [-0.2, -0.15) is 4.57 Å². The van der Waals surface area contributed by atoms with Crippen LogP contribution in [-0.4, -0.2) is 0 Å². The number of hydrogen-bond acceptors (Lipinski definition) is 1. The largest absolute Gasteiger partial charge is 1.00 e. The molecular weight excluding hydrogens is 586 g/mol. The van der Waals surface area contributed by atoms with Gasteiger partial charge in [0.25, 0.3) is 0 Å². The minimum atomic E-state index is 0. The van der Waals surface area contributed by atoms with Gasteiger partial charge in [-0.3, -0.25) is 0 Å². The van der Waals surface area contributed by atoms with Crippen LogP contribution < -0.4 is 17.0 Å². The molecule has 0 saturated heterocycles. The average molecular weight is 642 g/mol. The summed E-state index contributed by atoms with van der Waals surface area (Å²) in [5.41, 5.74) is 17.7. The monoisotopic (exact) mass is 641 g/mol. The molecule has 5 rings (SSSR count). The van der Waals surface area contributed by atoms with E-state index in [1.165, 1.54) is 80.7 Å². The average Bonchev–Trinajstić information content (AvgIpc) is 3.34. The Labute approximate surface area is 284 Å². The van der Waals surface area contributed by atoms with E-state index in [-0.39, 0.29) is 34.1 Å². The highest BCUT2D eigenvalue weighted by Gasteiger charge is 2.32. The smallest absolute Gasteiger partial charge is 0.231 e. The van der Waals surface area contributed by atoms with Gasteiger partial charge >= 0.3 is 0 Å². The van der Waals surface area contributed by atoms with Crippen LogP contribution in [0.3, 0.4) is 0 Å². The number of rotatable bonds is 3. The van der Waals surface area contributed by atoms with Crippen LogP contribution in [0.1, 0.15) is 134 Å². The molecule has 45 heavy (non-hydrogen) atoms. The molecule has 0 bridgehead atoms. The van der Waals surface area contributed by atoms with Crippen LogP contribution in [0.15, 0.2) is 54.0 Å². The third-order valence-corrected chi connectivity index (χ3v) is 10.5. The molecule has 1 aromatic heterocycles.